The molecule has 2 heterocycles. The summed E-state index contributed by atoms with van der Waals surface area (Å²) in [4.78, 5) is 12.0. The molecule has 2 aromatic heterocycles. The van der Waals surface area contributed by atoms with Crippen molar-refractivity contribution >= 4 is 5.97 Å². The highest BCUT2D eigenvalue weighted by Crippen LogP contribution is 2.49. The number of rotatable bonds is 5. The Hall–Kier alpha value is -2.04. The maximum Gasteiger partial charge on any atom is 0.306 e. The van der Waals surface area contributed by atoms with Gasteiger partial charge in [-0.15, -0.1) is 0 Å². The Bertz CT molecular complexity index is 645. The second-order valence-corrected chi connectivity index (χ2v) is 6.46. The molecule has 2 aromatic rings. The first-order valence-corrected chi connectivity index (χ1v) is 7.93. The molecule has 0 unspecified atom stereocenters. The predicted molar refractivity (Wildman–Crippen MR) is 77.6 cm³/mol. The molecule has 0 aliphatic heterocycles. The second-order valence-electron chi connectivity index (χ2n) is 6.46. The minimum Gasteiger partial charge on any atom is -0.461 e. The first-order valence-electron chi connectivity index (χ1n) is 7.93. The van der Waals surface area contributed by atoms with Crippen molar-refractivity contribution in [1.29, 1.82) is 0 Å². The van der Waals surface area contributed by atoms with Gasteiger partial charge in [0.15, 0.2) is 5.76 Å². The van der Waals surface area contributed by atoms with Crippen LogP contribution in [0.4, 0.5) is 0 Å². The number of carbonyl (C=O) groups is 1. The quantitative estimate of drug-likeness (QED) is 0.786. The molecule has 3 atom stereocenters. The number of aromatic nitrogens is 1. The molecule has 2 fully saturated rings. The van der Waals surface area contributed by atoms with Crippen LogP contribution in [0.15, 0.2) is 33.4 Å². The van der Waals surface area contributed by atoms with Crippen LogP contribution in [0.25, 0.3) is 11.5 Å². The molecular formula is C17H19NO4. The van der Waals surface area contributed by atoms with Gasteiger partial charge in [-0.3, -0.25) is 4.79 Å². The summed E-state index contributed by atoms with van der Waals surface area (Å²) in [5.74, 6) is 3.17. The monoisotopic (exact) mass is 301 g/mol. The van der Waals surface area contributed by atoms with Gasteiger partial charge in [0.05, 0.1) is 6.26 Å². The molecule has 2 aliphatic rings. The summed E-state index contributed by atoms with van der Waals surface area (Å²) in [7, 11) is 0. The number of hydrogen-bond donors (Lipinski definition) is 0. The van der Waals surface area contributed by atoms with Gasteiger partial charge >= 0.3 is 5.97 Å². The van der Waals surface area contributed by atoms with Crippen molar-refractivity contribution in [3.05, 3.63) is 30.2 Å². The van der Waals surface area contributed by atoms with Crippen molar-refractivity contribution in [3.8, 4) is 11.5 Å². The van der Waals surface area contributed by atoms with E-state index in [1.54, 1.807) is 24.5 Å². The summed E-state index contributed by atoms with van der Waals surface area (Å²) in [6.45, 7) is 0.157. The summed E-state index contributed by atoms with van der Waals surface area (Å²) in [5.41, 5.74) is 0.604. The van der Waals surface area contributed by atoms with E-state index >= 15 is 0 Å². The standard InChI is InChI=1S/C17H19NO4/c19-17(8-13-7-11-3-4-12(13)6-11)21-10-14-9-16(22-18-14)15-2-1-5-20-15/h1-2,5,9,11-13H,3-4,6-8,10H2/t11-,12+,13-/m0/s1. The van der Waals surface area contributed by atoms with Crippen LogP contribution >= 0.6 is 0 Å². The zero-order valence-electron chi connectivity index (χ0n) is 12.4. The number of fused-ring (bicyclic) bond motifs is 2. The van der Waals surface area contributed by atoms with Crippen LogP contribution in [0, 0.1) is 17.8 Å². The molecule has 4 rings (SSSR count). The van der Waals surface area contributed by atoms with Gasteiger partial charge in [-0.25, -0.2) is 0 Å². The first-order chi connectivity index (χ1) is 10.8. The van der Waals surface area contributed by atoms with Gasteiger partial charge in [0.25, 0.3) is 0 Å². The number of furan rings is 1. The molecule has 2 bridgehead atoms. The fourth-order valence-electron chi connectivity index (χ4n) is 3.97. The van der Waals surface area contributed by atoms with Crippen molar-refractivity contribution in [2.75, 3.05) is 0 Å². The van der Waals surface area contributed by atoms with Crippen LogP contribution in [0.2, 0.25) is 0 Å². The van der Waals surface area contributed by atoms with E-state index in [0.717, 1.165) is 11.8 Å². The van der Waals surface area contributed by atoms with E-state index in [1.807, 2.05) is 0 Å². The Kier molecular flexibility index (Phi) is 3.48. The summed E-state index contributed by atoms with van der Waals surface area (Å²) in [6, 6.07) is 5.32. The van der Waals surface area contributed by atoms with E-state index < -0.39 is 0 Å². The molecule has 116 valence electrons. The van der Waals surface area contributed by atoms with Crippen molar-refractivity contribution in [3.63, 3.8) is 0 Å². The van der Waals surface area contributed by atoms with Crippen LogP contribution < -0.4 is 0 Å². The summed E-state index contributed by atoms with van der Waals surface area (Å²) in [5, 5.41) is 3.90. The molecule has 0 spiro atoms. The molecule has 22 heavy (non-hydrogen) atoms. The van der Waals surface area contributed by atoms with Crippen LogP contribution in [-0.2, 0) is 16.1 Å². The molecule has 0 N–H and O–H groups in total. The van der Waals surface area contributed by atoms with Crippen LogP contribution in [0.1, 0.15) is 37.8 Å². The molecule has 0 radical (unpaired) electrons. The lowest BCUT2D eigenvalue weighted by Gasteiger charge is -2.20. The normalized spacial score (nSPS) is 26.5. The number of hydrogen-bond acceptors (Lipinski definition) is 5. The van der Waals surface area contributed by atoms with Gasteiger partial charge in [-0.2, -0.15) is 0 Å². The minimum absolute atomic E-state index is 0.125. The van der Waals surface area contributed by atoms with Crippen LogP contribution in [-0.4, -0.2) is 11.1 Å². The molecule has 5 heteroatoms. The Labute approximate surface area is 128 Å². The maximum absolute atomic E-state index is 12.0. The Morgan fingerprint density at radius 1 is 1.32 bits per heavy atom. The Balaban J connectivity index is 1.28. The highest BCUT2D eigenvalue weighted by molar-refractivity contribution is 5.69. The average Bonchev–Trinajstić information content (AvgIpc) is 3.27. The van der Waals surface area contributed by atoms with Gasteiger partial charge in [0, 0.05) is 12.5 Å². The van der Waals surface area contributed by atoms with Crippen LogP contribution in [0.5, 0.6) is 0 Å². The minimum atomic E-state index is -0.125. The molecular weight excluding hydrogens is 282 g/mol. The topological polar surface area (TPSA) is 65.5 Å². The molecule has 2 aliphatic carbocycles. The van der Waals surface area contributed by atoms with Gasteiger partial charge in [0.1, 0.15) is 12.3 Å². The SMILES string of the molecule is O=C(C[C@@H]1C[C@H]2CC[C@@H]1C2)OCc1cc(-c2ccco2)on1. The molecule has 0 saturated heterocycles. The average molecular weight is 301 g/mol. The zero-order chi connectivity index (χ0) is 14.9. The van der Waals surface area contributed by atoms with E-state index in [9.17, 15) is 4.79 Å². The Morgan fingerprint density at radius 2 is 2.27 bits per heavy atom. The van der Waals surface area contributed by atoms with Crippen molar-refractivity contribution in [2.45, 2.75) is 38.7 Å². The smallest absolute Gasteiger partial charge is 0.306 e. The van der Waals surface area contributed by atoms with Gasteiger partial charge in [-0.05, 0) is 49.1 Å². The van der Waals surface area contributed by atoms with E-state index in [2.05, 4.69) is 5.16 Å². The third-order valence-electron chi connectivity index (χ3n) is 5.02. The van der Waals surface area contributed by atoms with Gasteiger partial charge < -0.3 is 13.7 Å². The van der Waals surface area contributed by atoms with E-state index in [-0.39, 0.29) is 12.6 Å². The number of nitrogens with zero attached hydrogens (tertiary/aromatic N) is 1. The van der Waals surface area contributed by atoms with Crippen LogP contribution in [0.3, 0.4) is 0 Å². The molecule has 5 nitrogen and oxygen atoms in total. The van der Waals surface area contributed by atoms with Crippen molar-refractivity contribution in [2.24, 2.45) is 17.8 Å². The number of carbonyl (C=O) groups excluding carboxylic acids is 1. The third kappa shape index (κ3) is 2.67. The lowest BCUT2D eigenvalue weighted by atomic mass is 9.86. The van der Waals surface area contributed by atoms with E-state index in [4.69, 9.17) is 13.7 Å². The van der Waals surface area contributed by atoms with E-state index in [1.165, 1.54) is 25.7 Å². The molecule has 0 aromatic carbocycles. The highest BCUT2D eigenvalue weighted by atomic mass is 16.5. The zero-order valence-corrected chi connectivity index (χ0v) is 12.4. The predicted octanol–water partition coefficient (Wildman–Crippen LogP) is 3.80. The summed E-state index contributed by atoms with van der Waals surface area (Å²) in [6.07, 6.45) is 7.28. The lowest BCUT2D eigenvalue weighted by molar-refractivity contribution is -0.146. The largest absolute Gasteiger partial charge is 0.461 e. The Morgan fingerprint density at radius 3 is 3.00 bits per heavy atom. The molecule has 0 amide bonds. The fraction of sp³-hybridized carbons (Fsp3) is 0.529. The number of ether oxygens (including phenoxy) is 1. The summed E-state index contributed by atoms with van der Waals surface area (Å²) >= 11 is 0. The highest BCUT2D eigenvalue weighted by Gasteiger charge is 2.40. The third-order valence-corrected chi connectivity index (χ3v) is 5.02. The maximum atomic E-state index is 12.0. The molecule has 2 saturated carbocycles. The van der Waals surface area contributed by atoms with Crippen molar-refractivity contribution < 1.29 is 18.5 Å². The lowest BCUT2D eigenvalue weighted by Crippen LogP contribution is -2.16. The van der Waals surface area contributed by atoms with Gasteiger partial charge in [-0.1, -0.05) is 11.6 Å². The van der Waals surface area contributed by atoms with E-state index in [0.29, 0.717) is 29.6 Å². The number of esters is 1. The summed E-state index contributed by atoms with van der Waals surface area (Å²) < 4.78 is 15.8. The second kappa shape index (κ2) is 5.63. The first kappa shape index (κ1) is 13.6. The fourth-order valence-corrected chi connectivity index (χ4v) is 3.97. The van der Waals surface area contributed by atoms with Gasteiger partial charge in [0.2, 0.25) is 5.76 Å². The van der Waals surface area contributed by atoms with Crippen molar-refractivity contribution in [1.82, 2.24) is 5.16 Å².